The molecule has 2 N–H and O–H groups in total. The van der Waals surface area contributed by atoms with Gasteiger partial charge in [-0.1, -0.05) is 386 Å². The predicted octanol–water partition coefficient (Wildman–Crippen LogP) is 22.9. The molecule has 0 rings (SSSR count). The van der Waals surface area contributed by atoms with E-state index in [0.29, 0.717) is 23.9 Å². The van der Waals surface area contributed by atoms with Gasteiger partial charge in [-0.3, -0.25) is 9.36 Å². The van der Waals surface area contributed by atoms with Gasteiger partial charge in [0.1, 0.15) is 13.2 Å². The van der Waals surface area contributed by atoms with Gasteiger partial charge in [0.25, 0.3) is 7.82 Å². The first-order valence-corrected chi connectivity index (χ1v) is 38.3. The summed E-state index contributed by atoms with van der Waals surface area (Å²) in [5.74, 6) is -0.153. The Kier molecular flexibility index (Phi) is 63.6. The van der Waals surface area contributed by atoms with Gasteiger partial charge < -0.3 is 28.8 Å². The summed E-state index contributed by atoms with van der Waals surface area (Å²) >= 11 is 0. The smallest absolute Gasteiger partial charge is 0.268 e. The normalized spacial score (nSPS) is 13.5. The van der Waals surface area contributed by atoms with Gasteiger partial charge >= 0.3 is 0 Å². The molecule has 0 fully saturated rings. The molecule has 0 saturated heterocycles. The first-order valence-electron chi connectivity index (χ1n) is 36.9. The van der Waals surface area contributed by atoms with E-state index < -0.39 is 20.0 Å². The quantitative estimate of drug-likeness (QED) is 0.0357. The maximum atomic E-state index is 13.1. The number of phosphoric ester groups is 1. The molecule has 8 nitrogen and oxygen atoms in total. The number of amides is 1. The summed E-state index contributed by atoms with van der Waals surface area (Å²) in [6.07, 6.45) is 80.6. The fraction of sp³-hybridized carbons (Fsp3) is 0.986. The Labute approximate surface area is 508 Å². The second-order valence-electron chi connectivity index (χ2n) is 27.0. The Hall–Kier alpha value is -0.500. The average Bonchev–Trinajstić information content (AvgIpc) is 3.43. The molecule has 0 bridgehead atoms. The number of nitrogens with zero attached hydrogens (tertiary/aromatic N) is 1. The van der Waals surface area contributed by atoms with Crippen molar-refractivity contribution in [3.63, 3.8) is 0 Å². The van der Waals surface area contributed by atoms with Crippen LogP contribution in [0.3, 0.4) is 0 Å². The zero-order chi connectivity index (χ0) is 59.1. The topological polar surface area (TPSA) is 108 Å². The SMILES string of the molecule is CCCCCCCCCCCCCCCCCCCCCCCCCCCCCCCCCCCCCCC(=O)NC(COP(=O)([O-])OCC[N+](C)(C)C)C(O)CCCCCCCCCCCCCCCCCCCCCCCCC. The van der Waals surface area contributed by atoms with E-state index in [1.807, 2.05) is 21.1 Å². The Morgan fingerprint density at radius 1 is 0.383 bits per heavy atom. The number of carbonyl (C=O) groups excluding carboxylic acids is 1. The van der Waals surface area contributed by atoms with Crippen molar-refractivity contribution in [3.8, 4) is 0 Å². The van der Waals surface area contributed by atoms with Crippen molar-refractivity contribution in [1.82, 2.24) is 5.32 Å². The van der Waals surface area contributed by atoms with Gasteiger partial charge in [0.2, 0.25) is 5.91 Å². The molecule has 0 aromatic rings. The van der Waals surface area contributed by atoms with Crippen LogP contribution in [0, 0.1) is 0 Å². The van der Waals surface area contributed by atoms with E-state index >= 15 is 0 Å². The monoisotopic (exact) mass is 1170 g/mol. The Bertz CT molecular complexity index is 1280. The van der Waals surface area contributed by atoms with E-state index in [0.717, 1.165) is 38.5 Å². The molecule has 0 heterocycles. The highest BCUT2D eigenvalue weighted by atomic mass is 31.2. The molecule has 0 aromatic heterocycles. The van der Waals surface area contributed by atoms with E-state index in [4.69, 9.17) is 9.05 Å². The third kappa shape index (κ3) is 66.9. The van der Waals surface area contributed by atoms with Gasteiger partial charge in [-0.05, 0) is 12.8 Å². The summed E-state index contributed by atoms with van der Waals surface area (Å²) in [5, 5.41) is 14.1. The summed E-state index contributed by atoms with van der Waals surface area (Å²) in [4.78, 5) is 25.7. The van der Waals surface area contributed by atoms with E-state index in [9.17, 15) is 19.4 Å². The molecule has 0 aliphatic carbocycles. The van der Waals surface area contributed by atoms with Crippen molar-refractivity contribution < 1.29 is 32.9 Å². The molecule has 3 unspecified atom stereocenters. The lowest BCUT2D eigenvalue weighted by Crippen LogP contribution is -2.46. The van der Waals surface area contributed by atoms with Crippen LogP contribution in [0.4, 0.5) is 0 Å². The number of hydrogen-bond acceptors (Lipinski definition) is 6. The summed E-state index contributed by atoms with van der Waals surface area (Å²) in [5.41, 5.74) is 0. The van der Waals surface area contributed by atoms with Crippen LogP contribution < -0.4 is 10.2 Å². The zero-order valence-electron chi connectivity index (χ0n) is 55.8. The molecule has 0 aromatic carbocycles. The molecule has 0 aliphatic heterocycles. The highest BCUT2D eigenvalue weighted by Crippen LogP contribution is 2.38. The first kappa shape index (κ1) is 80.5. The summed E-state index contributed by atoms with van der Waals surface area (Å²) in [6.45, 7) is 4.80. The highest BCUT2D eigenvalue weighted by molar-refractivity contribution is 7.45. The summed E-state index contributed by atoms with van der Waals surface area (Å²) in [6, 6.07) is -0.797. The van der Waals surface area contributed by atoms with Crippen LogP contribution in [0.5, 0.6) is 0 Å². The lowest BCUT2D eigenvalue weighted by molar-refractivity contribution is -0.870. The van der Waals surface area contributed by atoms with Crippen molar-refractivity contribution in [1.29, 1.82) is 0 Å². The number of phosphoric acid groups is 1. The number of aliphatic hydroxyl groups is 1. The van der Waals surface area contributed by atoms with E-state index in [2.05, 4.69) is 19.2 Å². The molecule has 81 heavy (non-hydrogen) atoms. The largest absolute Gasteiger partial charge is 0.756 e. The third-order valence-corrected chi connectivity index (χ3v) is 18.6. The van der Waals surface area contributed by atoms with Gasteiger partial charge in [-0.25, -0.2) is 0 Å². The zero-order valence-corrected chi connectivity index (χ0v) is 56.7. The lowest BCUT2D eigenvalue weighted by atomic mass is 10.0. The predicted molar refractivity (Wildman–Crippen MR) is 353 cm³/mol. The first-order chi connectivity index (χ1) is 39.5. The van der Waals surface area contributed by atoms with Gasteiger partial charge in [0.05, 0.1) is 39.9 Å². The maximum absolute atomic E-state index is 13.1. The van der Waals surface area contributed by atoms with E-state index in [-0.39, 0.29) is 19.1 Å². The lowest BCUT2D eigenvalue weighted by Gasteiger charge is -2.30. The standard InChI is InChI=1S/C72H147N2O6P/c1-6-8-10-12-14-16-18-20-22-24-26-28-30-31-32-33-34-35-36-37-38-39-40-41-42-44-46-48-50-52-54-56-58-60-62-64-66-72(76)73-70(69-80-81(77,78)79-68-67-74(3,4)5)71(75)65-63-61-59-57-55-53-51-49-47-45-43-29-27-25-23-21-19-17-15-13-11-9-7-2/h70-71,75H,6-69H2,1-5H3,(H-,73,76,77,78). The molecule has 0 spiro atoms. The van der Waals surface area contributed by atoms with Crippen molar-refractivity contribution in [2.45, 2.75) is 418 Å². The number of aliphatic hydroxyl groups excluding tert-OH is 1. The van der Waals surface area contributed by atoms with E-state index in [1.54, 1.807) is 0 Å². The minimum atomic E-state index is -4.58. The second kappa shape index (κ2) is 64.0. The van der Waals surface area contributed by atoms with Crippen molar-refractivity contribution in [2.75, 3.05) is 40.9 Å². The number of unbranched alkanes of at least 4 members (excludes halogenated alkanes) is 57. The van der Waals surface area contributed by atoms with Crippen LogP contribution in [0.1, 0.15) is 406 Å². The Morgan fingerprint density at radius 3 is 0.840 bits per heavy atom. The molecule has 0 saturated carbocycles. The van der Waals surface area contributed by atoms with E-state index in [1.165, 1.54) is 340 Å². The van der Waals surface area contributed by atoms with Crippen LogP contribution in [-0.4, -0.2) is 68.5 Å². The highest BCUT2D eigenvalue weighted by Gasteiger charge is 2.24. The minimum absolute atomic E-state index is 0.0170. The molecule has 9 heteroatoms. The second-order valence-corrected chi connectivity index (χ2v) is 28.4. The maximum Gasteiger partial charge on any atom is 0.268 e. The van der Waals surface area contributed by atoms with Crippen LogP contribution in [0.15, 0.2) is 0 Å². The van der Waals surface area contributed by atoms with Crippen LogP contribution in [0.2, 0.25) is 0 Å². The summed E-state index contributed by atoms with van der Waals surface area (Å²) in [7, 11) is 1.33. The van der Waals surface area contributed by atoms with Gasteiger partial charge in [0.15, 0.2) is 0 Å². The summed E-state index contributed by atoms with van der Waals surface area (Å²) < 4.78 is 23.6. The number of carbonyl (C=O) groups is 1. The Balaban J connectivity index is 3.90. The molecule has 1 amide bonds. The molecule has 3 atom stereocenters. The minimum Gasteiger partial charge on any atom is -0.756 e. The Morgan fingerprint density at radius 2 is 0.605 bits per heavy atom. The molecular weight excluding hydrogens is 1020 g/mol. The van der Waals surface area contributed by atoms with Crippen LogP contribution >= 0.6 is 7.82 Å². The number of hydrogen-bond donors (Lipinski definition) is 2. The van der Waals surface area contributed by atoms with Crippen molar-refractivity contribution >= 4 is 13.7 Å². The van der Waals surface area contributed by atoms with Crippen molar-refractivity contribution in [2.24, 2.45) is 0 Å². The van der Waals surface area contributed by atoms with Crippen molar-refractivity contribution in [3.05, 3.63) is 0 Å². The molecular formula is C72H147N2O6P. The van der Waals surface area contributed by atoms with Gasteiger partial charge in [-0.2, -0.15) is 0 Å². The fourth-order valence-corrected chi connectivity index (χ4v) is 12.6. The average molecular weight is 1170 g/mol. The van der Waals surface area contributed by atoms with Crippen LogP contribution in [0.25, 0.3) is 0 Å². The number of rotatable bonds is 70. The van der Waals surface area contributed by atoms with Gasteiger partial charge in [-0.15, -0.1) is 0 Å². The fourth-order valence-electron chi connectivity index (χ4n) is 11.9. The number of nitrogens with one attached hydrogen (secondary N) is 1. The number of likely N-dealkylation sites (N-methyl/N-ethyl adjacent to an activating group) is 1. The van der Waals surface area contributed by atoms with Crippen LogP contribution in [-0.2, 0) is 18.4 Å². The molecule has 486 valence electrons. The third-order valence-electron chi connectivity index (χ3n) is 17.6. The van der Waals surface area contributed by atoms with Gasteiger partial charge in [0, 0.05) is 6.42 Å². The molecule has 0 radical (unpaired) electrons. The number of quaternary nitrogens is 1. The molecule has 0 aliphatic rings.